The molecule has 0 spiro atoms. The van der Waals surface area contributed by atoms with E-state index in [9.17, 15) is 18.0 Å². The molecule has 0 radical (unpaired) electrons. The molecule has 0 unspecified atom stereocenters. The monoisotopic (exact) mass is 411 g/mol. The van der Waals surface area contributed by atoms with Crippen LogP contribution >= 0.6 is 0 Å². The maximum Gasteiger partial charge on any atom is 0.318 e. The van der Waals surface area contributed by atoms with Crippen molar-refractivity contribution in [1.82, 2.24) is 14.5 Å². The van der Waals surface area contributed by atoms with Crippen LogP contribution in [0.1, 0.15) is 12.5 Å². The number of hydrogen-bond donors (Lipinski definition) is 0. The average Bonchev–Trinajstić information content (AvgIpc) is 2.69. The van der Waals surface area contributed by atoms with Gasteiger partial charge in [-0.1, -0.05) is 6.07 Å². The first kappa shape index (κ1) is 19.6. The quantitative estimate of drug-likeness (QED) is 0.494. The fourth-order valence-electron chi connectivity index (χ4n) is 3.31. The van der Waals surface area contributed by atoms with E-state index in [1.807, 2.05) is 0 Å². The number of fused-ring (bicyclic) bond motifs is 1. The summed E-state index contributed by atoms with van der Waals surface area (Å²) < 4.78 is 48.9. The van der Waals surface area contributed by atoms with Gasteiger partial charge in [0.05, 0.1) is 12.3 Å². The smallest absolute Gasteiger partial charge is 0.318 e. The molecule has 0 atom stereocenters. The van der Waals surface area contributed by atoms with Gasteiger partial charge >= 0.3 is 6.01 Å². The third-order valence-electron chi connectivity index (χ3n) is 4.61. The van der Waals surface area contributed by atoms with Gasteiger partial charge in [-0.15, -0.1) is 0 Å². The summed E-state index contributed by atoms with van der Waals surface area (Å²) in [4.78, 5) is 21.3. The van der Waals surface area contributed by atoms with Gasteiger partial charge in [0.25, 0.3) is 5.56 Å². The highest BCUT2D eigenvalue weighted by Gasteiger charge is 2.20. The first-order valence-corrected chi connectivity index (χ1v) is 9.18. The highest BCUT2D eigenvalue weighted by atomic mass is 19.1. The van der Waals surface area contributed by atoms with E-state index in [4.69, 9.17) is 4.74 Å². The molecule has 0 N–H and O–H groups in total. The summed E-state index contributed by atoms with van der Waals surface area (Å²) >= 11 is 0. The lowest BCUT2D eigenvalue weighted by Gasteiger charge is -2.15. The van der Waals surface area contributed by atoms with Crippen LogP contribution in [0, 0.1) is 24.4 Å². The first-order chi connectivity index (χ1) is 14.4. The number of hydrogen-bond acceptors (Lipinski definition) is 4. The van der Waals surface area contributed by atoms with E-state index in [0.29, 0.717) is 22.2 Å². The van der Waals surface area contributed by atoms with Gasteiger partial charge in [-0.3, -0.25) is 9.36 Å². The van der Waals surface area contributed by atoms with Crippen LogP contribution in [-0.2, 0) is 0 Å². The largest absolute Gasteiger partial charge is 0.464 e. The predicted octanol–water partition coefficient (Wildman–Crippen LogP) is 4.57. The lowest BCUT2D eigenvalue weighted by Crippen LogP contribution is -2.21. The second-order valence-corrected chi connectivity index (χ2v) is 6.56. The molecule has 5 nitrogen and oxygen atoms in total. The standard InChI is InChI=1S/C22H16F3N3O2/c1-3-30-22-26-19(14-8-7-13(23)11-12(14)2)15-9-10-18(29)28(21(15)27-22)20-16(24)5-4-6-17(20)25/h4-11H,3H2,1-2H3. The molecule has 4 aromatic rings. The SMILES string of the molecule is CCOc1nc(-c2ccc(F)cc2C)c2ccc(=O)n(-c3c(F)cccc3F)c2n1. The molecule has 152 valence electrons. The molecular weight excluding hydrogens is 395 g/mol. The third kappa shape index (κ3) is 3.30. The summed E-state index contributed by atoms with van der Waals surface area (Å²) in [6.45, 7) is 3.67. The van der Waals surface area contributed by atoms with Gasteiger partial charge in [0.1, 0.15) is 23.1 Å². The number of aryl methyl sites for hydroxylation is 1. The van der Waals surface area contributed by atoms with E-state index in [-0.39, 0.29) is 18.3 Å². The maximum atomic E-state index is 14.5. The van der Waals surface area contributed by atoms with E-state index >= 15 is 0 Å². The molecule has 2 aromatic carbocycles. The maximum absolute atomic E-state index is 14.5. The number of para-hydroxylation sites is 1. The molecule has 0 fully saturated rings. The molecular formula is C22H16F3N3O2. The van der Waals surface area contributed by atoms with Crippen LogP contribution in [0.2, 0.25) is 0 Å². The van der Waals surface area contributed by atoms with Crippen molar-refractivity contribution in [2.24, 2.45) is 0 Å². The topological polar surface area (TPSA) is 57.0 Å². The van der Waals surface area contributed by atoms with E-state index in [0.717, 1.165) is 16.7 Å². The van der Waals surface area contributed by atoms with Crippen LogP contribution in [0.25, 0.3) is 28.0 Å². The summed E-state index contributed by atoms with van der Waals surface area (Å²) in [6, 6.07) is 10.1. The van der Waals surface area contributed by atoms with E-state index in [2.05, 4.69) is 9.97 Å². The van der Waals surface area contributed by atoms with Crippen LogP contribution in [0.3, 0.4) is 0 Å². The fourth-order valence-corrected chi connectivity index (χ4v) is 3.31. The van der Waals surface area contributed by atoms with Gasteiger partial charge in [0.2, 0.25) is 0 Å². The molecule has 2 heterocycles. The third-order valence-corrected chi connectivity index (χ3v) is 4.61. The summed E-state index contributed by atoms with van der Waals surface area (Å²) in [6.07, 6.45) is 0. The van der Waals surface area contributed by atoms with E-state index < -0.39 is 28.7 Å². The minimum Gasteiger partial charge on any atom is -0.464 e. The number of rotatable bonds is 4. The van der Waals surface area contributed by atoms with Crippen LogP contribution in [-0.4, -0.2) is 21.1 Å². The van der Waals surface area contributed by atoms with Crippen molar-refractivity contribution in [3.8, 4) is 23.0 Å². The molecule has 8 heteroatoms. The van der Waals surface area contributed by atoms with Gasteiger partial charge in [-0.2, -0.15) is 9.97 Å². The Morgan fingerprint density at radius 2 is 1.73 bits per heavy atom. The van der Waals surface area contributed by atoms with Gasteiger partial charge in [0.15, 0.2) is 5.65 Å². The fraction of sp³-hybridized carbons (Fsp3) is 0.136. The zero-order chi connectivity index (χ0) is 21.4. The lowest BCUT2D eigenvalue weighted by atomic mass is 10.0. The van der Waals surface area contributed by atoms with Gasteiger partial charge in [-0.25, -0.2) is 13.2 Å². The zero-order valence-electron chi connectivity index (χ0n) is 16.1. The number of benzene rings is 2. The summed E-state index contributed by atoms with van der Waals surface area (Å²) in [7, 11) is 0. The Hall–Kier alpha value is -3.68. The number of aromatic nitrogens is 3. The van der Waals surface area contributed by atoms with E-state index in [1.54, 1.807) is 19.9 Å². The number of pyridine rings is 1. The van der Waals surface area contributed by atoms with Crippen molar-refractivity contribution < 1.29 is 17.9 Å². The lowest BCUT2D eigenvalue weighted by molar-refractivity contribution is 0.314. The minimum atomic E-state index is -0.916. The van der Waals surface area contributed by atoms with Crippen molar-refractivity contribution >= 4 is 11.0 Å². The van der Waals surface area contributed by atoms with Crippen molar-refractivity contribution in [3.63, 3.8) is 0 Å². The molecule has 0 aliphatic carbocycles. The summed E-state index contributed by atoms with van der Waals surface area (Å²) in [5.41, 5.74) is 0.275. The zero-order valence-corrected chi connectivity index (χ0v) is 16.1. The Labute approximate surface area is 169 Å². The molecule has 0 saturated carbocycles. The van der Waals surface area contributed by atoms with Crippen LogP contribution in [0.4, 0.5) is 13.2 Å². The van der Waals surface area contributed by atoms with Crippen molar-refractivity contribution in [3.05, 3.63) is 81.9 Å². The van der Waals surface area contributed by atoms with Crippen molar-refractivity contribution in [1.29, 1.82) is 0 Å². The van der Waals surface area contributed by atoms with Gasteiger partial charge in [0, 0.05) is 17.0 Å². The second kappa shape index (κ2) is 7.62. The van der Waals surface area contributed by atoms with Crippen LogP contribution < -0.4 is 10.3 Å². The number of ether oxygens (including phenoxy) is 1. The number of nitrogens with zero attached hydrogens (tertiary/aromatic N) is 3. The summed E-state index contributed by atoms with van der Waals surface area (Å²) in [5.74, 6) is -2.24. The summed E-state index contributed by atoms with van der Waals surface area (Å²) in [5, 5.41) is 0.357. The normalized spacial score (nSPS) is 11.1. The highest BCUT2D eigenvalue weighted by molar-refractivity contribution is 5.92. The van der Waals surface area contributed by atoms with E-state index in [1.165, 1.54) is 30.3 Å². The molecule has 30 heavy (non-hydrogen) atoms. The number of halogens is 3. The average molecular weight is 411 g/mol. The van der Waals surface area contributed by atoms with Crippen LogP contribution in [0.15, 0.2) is 53.3 Å². The predicted molar refractivity (Wildman–Crippen MR) is 106 cm³/mol. The Kier molecular flexibility index (Phi) is 4.99. The minimum absolute atomic E-state index is 0.0244. The van der Waals surface area contributed by atoms with Crippen LogP contribution in [0.5, 0.6) is 6.01 Å². The highest BCUT2D eigenvalue weighted by Crippen LogP contribution is 2.31. The Morgan fingerprint density at radius 1 is 1.00 bits per heavy atom. The Morgan fingerprint density at radius 3 is 2.40 bits per heavy atom. The van der Waals surface area contributed by atoms with Gasteiger partial charge in [-0.05, 0) is 55.8 Å². The molecule has 0 aliphatic rings. The molecule has 0 aliphatic heterocycles. The van der Waals surface area contributed by atoms with Crippen molar-refractivity contribution in [2.45, 2.75) is 13.8 Å². The van der Waals surface area contributed by atoms with Gasteiger partial charge < -0.3 is 4.74 Å². The molecule has 0 bridgehead atoms. The Bertz CT molecular complexity index is 1320. The Balaban J connectivity index is 2.14. The van der Waals surface area contributed by atoms with Crippen molar-refractivity contribution in [2.75, 3.05) is 6.61 Å². The first-order valence-electron chi connectivity index (χ1n) is 9.18. The molecule has 4 rings (SSSR count). The molecule has 0 saturated heterocycles. The second-order valence-electron chi connectivity index (χ2n) is 6.56. The molecule has 2 aromatic heterocycles. The molecule has 0 amide bonds.